The van der Waals surface area contributed by atoms with Crippen molar-refractivity contribution >= 4 is 68.9 Å². The molecular formula is C86H102ClN11O26S. The first-order valence-corrected chi connectivity index (χ1v) is 43.4. The molecule has 2 saturated heterocycles. The van der Waals surface area contributed by atoms with Gasteiger partial charge in [-0.25, -0.2) is 13.1 Å². The Morgan fingerprint density at radius 1 is 0.704 bits per heavy atom. The summed E-state index contributed by atoms with van der Waals surface area (Å²) in [5, 5.41) is 129. The van der Waals surface area contributed by atoms with Crippen LogP contribution in [0.3, 0.4) is 0 Å². The van der Waals surface area contributed by atoms with E-state index in [1.807, 2.05) is 4.72 Å². The number of aliphatic hydroxyl groups is 8. The lowest BCUT2D eigenvalue weighted by atomic mass is 9.54. The Labute approximate surface area is 722 Å². The van der Waals surface area contributed by atoms with Crippen LogP contribution in [0.5, 0.6) is 40.2 Å². The second-order valence-electron chi connectivity index (χ2n) is 34.5. The molecule has 670 valence electrons. The molecule has 6 aromatic carbocycles. The van der Waals surface area contributed by atoms with E-state index < -0.39 is 219 Å². The van der Waals surface area contributed by atoms with Crippen molar-refractivity contribution in [3.8, 4) is 51.4 Å². The molecule has 4 saturated carbocycles. The monoisotopic (exact) mass is 1770 g/mol. The first kappa shape index (κ1) is 89.6. The molecule has 12 aliphatic rings. The van der Waals surface area contributed by atoms with Crippen molar-refractivity contribution in [3.63, 3.8) is 0 Å². The zero-order chi connectivity index (χ0) is 89.3. The second-order valence-corrected chi connectivity index (χ2v) is 36.6. The number of aliphatic hydroxyl groups excluding tert-OH is 6. The molecule has 0 spiro atoms. The maximum absolute atomic E-state index is 16.7. The van der Waals surface area contributed by atoms with Gasteiger partial charge in [-0.3, -0.25) is 38.4 Å². The number of aromatic hydroxyl groups is 1. The summed E-state index contributed by atoms with van der Waals surface area (Å²) < 4.78 is 75.1. The number of sulfonamides is 1. The van der Waals surface area contributed by atoms with Crippen molar-refractivity contribution in [2.45, 2.75) is 211 Å². The number of phenols is 1. The van der Waals surface area contributed by atoms with Gasteiger partial charge in [0, 0.05) is 29.1 Å². The van der Waals surface area contributed by atoms with Crippen LogP contribution in [-0.2, 0) is 68.4 Å². The van der Waals surface area contributed by atoms with E-state index in [1.54, 1.807) is 13.8 Å². The van der Waals surface area contributed by atoms with Gasteiger partial charge in [-0.1, -0.05) is 55.8 Å². The van der Waals surface area contributed by atoms with E-state index >= 15 is 28.8 Å². The molecule has 7 heterocycles. The molecule has 6 aromatic rings. The molecule has 18 atom stereocenters. The number of nitrogens with one attached hydrogen (secondary N) is 9. The number of ether oxygens (including phenoxy) is 7. The number of benzene rings is 6. The Bertz CT molecular complexity index is 5250. The van der Waals surface area contributed by atoms with Gasteiger partial charge in [-0.2, -0.15) is 0 Å². The molecule has 15 bridgehead atoms. The van der Waals surface area contributed by atoms with Gasteiger partial charge in [-0.05, 0) is 220 Å². The van der Waals surface area contributed by atoms with Gasteiger partial charge in [-0.15, -0.1) is 0 Å². The van der Waals surface area contributed by atoms with Gasteiger partial charge in [0.15, 0.2) is 23.9 Å². The molecule has 8 amide bonds. The van der Waals surface area contributed by atoms with E-state index in [4.69, 9.17) is 56.2 Å². The molecular weight excluding hydrogens is 1670 g/mol. The van der Waals surface area contributed by atoms with Crippen molar-refractivity contribution in [3.05, 3.63) is 153 Å². The standard InChI is InChI=1S/C86H102ClN11O26S/c1-36(2)21-55(90-5)77(107)96-69-71(103)42-10-18-57(54(87)28-42)121-59-30-45-29-58(74(59)124-84-75(73(105)72(104)60(35-99)122-84)123-62-34-85(4,89)76(106)37(3)119-62)120-48-11-7-40(8-12-48)70(102)68-83(113)95-67(81(111)92-64-43-23-38-22-39(25-43)26-44(64)24-38)51-31-46(100)32-53-63(51)50-27-41(9-17-52(50)86(53,114)115)65(79(109)97-68)94-80(110)66(45)93-78(108)56(91-82(69)112)33-61(101)98-125(116,117)49-15-13-47(14-16-49)118-20-6-19-88/h7-18,27-32,36-39,43-44,55-56,60,62,64-73,75-76,84,90,99-100,102-106,114-115H,6,19-26,33-35,88-89H2,1-5H3,(H,91,112)(H,92,111)(H,93,108)(H,94,110)(H,95,113)(H,96,107)(H,97,109)(H,98,101)/t37-,38?,39?,43?,44?,55+,56-,60+,62-,64?,65+,66+,67-,68-,69+,70+,71+,72+,73-,75+,76+,84-,85-/m0/s1. The Balaban J connectivity index is 0.918. The van der Waals surface area contributed by atoms with Crippen molar-refractivity contribution in [2.75, 3.05) is 26.8 Å². The number of amides is 8. The van der Waals surface area contributed by atoms with Crippen molar-refractivity contribution in [2.24, 2.45) is 41.1 Å². The number of carbonyl (C=O) groups is 8. The van der Waals surface area contributed by atoms with Crippen LogP contribution < -0.4 is 77.7 Å². The van der Waals surface area contributed by atoms with Crippen LogP contribution in [0.25, 0.3) is 11.1 Å². The average Bonchev–Trinajstić information content (AvgIpc) is 1.57. The largest absolute Gasteiger partial charge is 0.508 e. The Morgan fingerprint density at radius 3 is 2.02 bits per heavy atom. The van der Waals surface area contributed by atoms with Crippen molar-refractivity contribution in [1.82, 2.24) is 47.3 Å². The third kappa shape index (κ3) is 18.3. The Kier molecular flexibility index (Phi) is 25.7. The molecule has 22 N–H and O–H groups in total. The quantitative estimate of drug-likeness (QED) is 0.0376. The minimum absolute atomic E-state index is 0.0690. The van der Waals surface area contributed by atoms with Gasteiger partial charge in [0.2, 0.25) is 65.1 Å². The zero-order valence-corrected chi connectivity index (χ0v) is 70.1. The van der Waals surface area contributed by atoms with Crippen molar-refractivity contribution in [1.29, 1.82) is 0 Å². The highest BCUT2D eigenvalue weighted by Gasteiger charge is 2.54. The average molecular weight is 1770 g/mol. The number of nitrogens with two attached hydrogens (primary N) is 2. The number of hydrogen-bond acceptors (Lipinski definition) is 29. The summed E-state index contributed by atoms with van der Waals surface area (Å²) in [7, 11) is -3.46. The van der Waals surface area contributed by atoms with Gasteiger partial charge < -0.3 is 133 Å². The minimum atomic E-state index is -4.92. The zero-order valence-electron chi connectivity index (χ0n) is 68.6. The number of carbonyl (C=O) groups excluding carboxylic acids is 8. The van der Waals surface area contributed by atoms with Crippen LogP contribution in [0.15, 0.2) is 114 Å². The number of phenolic OH excluding ortho intramolecular Hbond substituents is 1. The minimum Gasteiger partial charge on any atom is -0.508 e. The normalized spacial score (nSPS) is 31.2. The van der Waals surface area contributed by atoms with Crippen LogP contribution in [0.4, 0.5) is 0 Å². The summed E-state index contributed by atoms with van der Waals surface area (Å²) >= 11 is 7.21. The third-order valence-electron chi connectivity index (χ3n) is 25.0. The predicted molar refractivity (Wildman–Crippen MR) is 439 cm³/mol. The van der Waals surface area contributed by atoms with E-state index in [0.717, 1.165) is 74.6 Å². The maximum Gasteiger partial charge on any atom is 0.264 e. The van der Waals surface area contributed by atoms with E-state index in [2.05, 4.69) is 42.5 Å². The number of likely N-dealkylation sites (N-methyl/N-ethyl adjacent to an activating group) is 1. The highest BCUT2D eigenvalue weighted by atomic mass is 35.5. The Morgan fingerprint density at radius 2 is 1.36 bits per heavy atom. The molecule has 6 fully saturated rings. The van der Waals surface area contributed by atoms with Gasteiger partial charge >= 0.3 is 0 Å². The lowest BCUT2D eigenvalue weighted by Gasteiger charge is -2.54. The summed E-state index contributed by atoms with van der Waals surface area (Å²) in [6.07, 6.45) is -14.1. The molecule has 37 nitrogen and oxygen atoms in total. The number of halogens is 1. The molecule has 0 radical (unpaired) electrons. The smallest absolute Gasteiger partial charge is 0.264 e. The highest BCUT2D eigenvalue weighted by molar-refractivity contribution is 7.90. The molecule has 18 rings (SSSR count). The van der Waals surface area contributed by atoms with Crippen LogP contribution in [-0.4, -0.2) is 213 Å². The molecule has 39 heteroatoms. The molecule has 5 aliphatic carbocycles. The Hall–Kier alpha value is -10.2. The first-order valence-electron chi connectivity index (χ1n) is 41.5. The van der Waals surface area contributed by atoms with Gasteiger partial charge in [0.1, 0.15) is 89.8 Å². The highest BCUT2D eigenvalue weighted by Crippen LogP contribution is 2.56. The van der Waals surface area contributed by atoms with Crippen LogP contribution in [0.2, 0.25) is 5.02 Å². The molecule has 0 unspecified atom stereocenters. The van der Waals surface area contributed by atoms with Crippen molar-refractivity contribution < 1.29 is 126 Å². The molecule has 0 aromatic heterocycles. The number of hydrogen-bond donors (Lipinski definition) is 20. The maximum atomic E-state index is 16.7. The summed E-state index contributed by atoms with van der Waals surface area (Å²) in [4.78, 5) is 125. The fourth-order valence-corrected chi connectivity index (χ4v) is 20.1. The van der Waals surface area contributed by atoms with Crippen LogP contribution in [0.1, 0.15) is 155 Å². The lowest BCUT2D eigenvalue weighted by molar-refractivity contribution is -0.333. The van der Waals surface area contributed by atoms with Gasteiger partial charge in [0.25, 0.3) is 10.0 Å². The second kappa shape index (κ2) is 35.9. The summed E-state index contributed by atoms with van der Waals surface area (Å²) in [5.74, 6) is -15.0. The van der Waals surface area contributed by atoms with E-state index in [-0.39, 0.29) is 117 Å². The lowest BCUT2D eigenvalue weighted by Crippen LogP contribution is -2.64. The van der Waals surface area contributed by atoms with Crippen LogP contribution in [0, 0.1) is 29.6 Å². The summed E-state index contributed by atoms with van der Waals surface area (Å²) in [5.41, 5.74) is 8.65. The number of rotatable bonds is 20. The topological polar surface area (TPSA) is 578 Å². The fourth-order valence-electron chi connectivity index (χ4n) is 18.9. The SMILES string of the molecule is CN[C@H](CC(C)C)C(=O)N[C@H]1C(=O)N[C@@H](CC(=O)NS(=O)(=O)c2ccc(OCCCN)cc2)C(=O)N[C@H]2C(=O)N[C@H]3C(=O)N[C@H](C(=O)N[C@H](C(=O)NC4C5CC6CC(C5)CC4C6)c4cc(O)cc5c4-c4cc3ccc4C5(O)O)[C@H](O)c3ccc(cc3)Oc3cc2cc(c3O[C@@H]2O[C@H](CO)[C@@H](O)[C@H](O)[C@H]2O[C@H]2C[C@](C)(N)[C@H](O)[C@H](C)O2)Oc2ccc(cc2Cl)[C@H]1O. The van der Waals surface area contributed by atoms with Crippen LogP contribution >= 0.6 is 11.6 Å². The van der Waals surface area contributed by atoms with E-state index in [1.165, 1.54) is 87.6 Å². The molecule has 7 aliphatic heterocycles. The summed E-state index contributed by atoms with van der Waals surface area (Å²) in [6, 6.07) is 6.67. The van der Waals surface area contributed by atoms with E-state index in [9.17, 15) is 64.0 Å². The first-order chi connectivity index (χ1) is 59.4. The predicted octanol–water partition coefficient (Wildman–Crippen LogP) is 1.14. The third-order valence-corrected chi connectivity index (χ3v) is 26.7. The summed E-state index contributed by atoms with van der Waals surface area (Å²) in [6.45, 7) is 6.11. The van der Waals surface area contributed by atoms with Gasteiger partial charge in [0.05, 0.1) is 47.8 Å². The number of fused-ring (bicyclic) bond motifs is 12. The fraction of sp³-hybridized carbons (Fsp3) is 0.488. The molecule has 125 heavy (non-hydrogen) atoms. The van der Waals surface area contributed by atoms with E-state index in [0.29, 0.717) is 18.3 Å².